The van der Waals surface area contributed by atoms with Gasteiger partial charge in [0.25, 0.3) is 5.91 Å². The van der Waals surface area contributed by atoms with Crippen molar-refractivity contribution in [2.75, 3.05) is 0 Å². The van der Waals surface area contributed by atoms with Crippen LogP contribution in [0.5, 0.6) is 0 Å². The lowest BCUT2D eigenvalue weighted by Crippen LogP contribution is -2.45. The summed E-state index contributed by atoms with van der Waals surface area (Å²) in [5, 5.41) is 11.6. The van der Waals surface area contributed by atoms with Crippen LogP contribution in [-0.2, 0) is 4.79 Å². The fourth-order valence-corrected chi connectivity index (χ4v) is 1.81. The van der Waals surface area contributed by atoms with E-state index in [2.05, 4.69) is 26.2 Å². The third kappa shape index (κ3) is 3.80. The molecular weight excluding hydrogens is 300 g/mol. The van der Waals surface area contributed by atoms with Crippen LogP contribution in [0.15, 0.2) is 22.9 Å². The highest BCUT2D eigenvalue weighted by Gasteiger charge is 2.25. The van der Waals surface area contributed by atoms with Crippen LogP contribution < -0.4 is 5.32 Å². The van der Waals surface area contributed by atoms with Crippen molar-refractivity contribution in [1.29, 1.82) is 0 Å². The SMILES string of the molecule is CC[C@@H](C)[C@@H](NC(=O)c1cncc(Br)c1)C(=O)O. The second-order valence-electron chi connectivity index (χ2n) is 4.07. The van der Waals surface area contributed by atoms with E-state index in [-0.39, 0.29) is 5.92 Å². The summed E-state index contributed by atoms with van der Waals surface area (Å²) in [6.45, 7) is 3.67. The van der Waals surface area contributed by atoms with Crippen LogP contribution >= 0.6 is 15.9 Å². The Morgan fingerprint density at radius 3 is 2.67 bits per heavy atom. The zero-order valence-electron chi connectivity index (χ0n) is 10.2. The van der Waals surface area contributed by atoms with Crippen molar-refractivity contribution in [2.45, 2.75) is 26.3 Å². The van der Waals surface area contributed by atoms with Crippen molar-refractivity contribution in [3.63, 3.8) is 0 Å². The van der Waals surface area contributed by atoms with Crippen molar-refractivity contribution in [2.24, 2.45) is 5.92 Å². The van der Waals surface area contributed by atoms with Gasteiger partial charge in [0.15, 0.2) is 0 Å². The van der Waals surface area contributed by atoms with Crippen molar-refractivity contribution in [3.05, 3.63) is 28.5 Å². The Labute approximate surface area is 114 Å². The molecule has 0 radical (unpaired) electrons. The van der Waals surface area contributed by atoms with E-state index in [1.165, 1.54) is 6.20 Å². The molecule has 0 aromatic carbocycles. The van der Waals surface area contributed by atoms with E-state index in [0.717, 1.165) is 0 Å². The van der Waals surface area contributed by atoms with E-state index in [0.29, 0.717) is 16.5 Å². The lowest BCUT2D eigenvalue weighted by molar-refractivity contribution is -0.140. The molecule has 2 N–H and O–H groups in total. The quantitative estimate of drug-likeness (QED) is 0.872. The average molecular weight is 315 g/mol. The van der Waals surface area contributed by atoms with Crippen LogP contribution in [0, 0.1) is 5.92 Å². The number of rotatable bonds is 5. The van der Waals surface area contributed by atoms with E-state index in [9.17, 15) is 9.59 Å². The van der Waals surface area contributed by atoms with Gasteiger partial charge in [-0.25, -0.2) is 4.79 Å². The average Bonchev–Trinajstić information content (AvgIpc) is 2.34. The van der Waals surface area contributed by atoms with Crippen LogP contribution in [-0.4, -0.2) is 28.0 Å². The van der Waals surface area contributed by atoms with Crippen LogP contribution in [0.2, 0.25) is 0 Å². The molecule has 98 valence electrons. The molecule has 0 aliphatic carbocycles. The summed E-state index contributed by atoms with van der Waals surface area (Å²) in [6, 6.07) is 0.708. The first-order valence-electron chi connectivity index (χ1n) is 5.60. The number of hydrogen-bond acceptors (Lipinski definition) is 3. The molecule has 0 fully saturated rings. The molecule has 1 rings (SSSR count). The van der Waals surface area contributed by atoms with Crippen LogP contribution in [0.25, 0.3) is 0 Å². The largest absolute Gasteiger partial charge is 0.480 e. The molecular formula is C12H15BrN2O3. The number of hydrogen-bond donors (Lipinski definition) is 2. The van der Waals surface area contributed by atoms with E-state index in [1.807, 2.05) is 6.92 Å². The Bertz CT molecular complexity index is 451. The van der Waals surface area contributed by atoms with Gasteiger partial charge in [0.2, 0.25) is 0 Å². The molecule has 0 saturated heterocycles. The number of pyridine rings is 1. The third-order valence-electron chi connectivity index (χ3n) is 2.73. The molecule has 0 spiro atoms. The molecule has 0 saturated carbocycles. The zero-order valence-corrected chi connectivity index (χ0v) is 11.8. The molecule has 1 aromatic heterocycles. The normalized spacial score (nSPS) is 13.7. The smallest absolute Gasteiger partial charge is 0.326 e. The van der Waals surface area contributed by atoms with Crippen molar-refractivity contribution in [3.8, 4) is 0 Å². The highest BCUT2D eigenvalue weighted by molar-refractivity contribution is 9.10. The fraction of sp³-hybridized carbons (Fsp3) is 0.417. The lowest BCUT2D eigenvalue weighted by atomic mass is 9.99. The first-order chi connectivity index (χ1) is 8.45. The number of halogens is 1. The summed E-state index contributed by atoms with van der Waals surface area (Å²) in [6.07, 6.45) is 3.63. The van der Waals surface area contributed by atoms with Crippen LogP contribution in [0.4, 0.5) is 0 Å². The van der Waals surface area contributed by atoms with Crippen LogP contribution in [0.3, 0.4) is 0 Å². The summed E-state index contributed by atoms with van der Waals surface area (Å²) in [7, 11) is 0. The van der Waals surface area contributed by atoms with Crippen molar-refractivity contribution >= 4 is 27.8 Å². The molecule has 6 heteroatoms. The van der Waals surface area contributed by atoms with Gasteiger partial charge in [-0.05, 0) is 27.9 Å². The van der Waals surface area contributed by atoms with Gasteiger partial charge in [-0.1, -0.05) is 20.3 Å². The minimum Gasteiger partial charge on any atom is -0.480 e. The molecule has 1 aromatic rings. The second-order valence-corrected chi connectivity index (χ2v) is 4.98. The minimum absolute atomic E-state index is 0.133. The summed E-state index contributed by atoms with van der Waals surface area (Å²) in [5.74, 6) is -1.59. The third-order valence-corrected chi connectivity index (χ3v) is 3.17. The van der Waals surface area contributed by atoms with Gasteiger partial charge in [0, 0.05) is 16.9 Å². The fourth-order valence-electron chi connectivity index (χ4n) is 1.44. The monoisotopic (exact) mass is 314 g/mol. The maximum absolute atomic E-state index is 11.9. The maximum atomic E-state index is 11.9. The molecule has 18 heavy (non-hydrogen) atoms. The standard InChI is InChI=1S/C12H15BrN2O3/c1-3-7(2)10(12(17)18)15-11(16)8-4-9(13)6-14-5-8/h4-7,10H,3H2,1-2H3,(H,15,16)(H,17,18)/t7-,10-/m1/s1. The van der Waals surface area contributed by atoms with Gasteiger partial charge in [-0.15, -0.1) is 0 Å². The number of nitrogens with one attached hydrogen (secondary N) is 1. The molecule has 0 aliphatic heterocycles. The van der Waals surface area contributed by atoms with Gasteiger partial charge in [-0.3, -0.25) is 9.78 Å². The highest BCUT2D eigenvalue weighted by Crippen LogP contribution is 2.12. The summed E-state index contributed by atoms with van der Waals surface area (Å²) < 4.78 is 0.672. The van der Waals surface area contributed by atoms with Crippen molar-refractivity contribution in [1.82, 2.24) is 10.3 Å². The van der Waals surface area contributed by atoms with E-state index < -0.39 is 17.9 Å². The minimum atomic E-state index is -1.03. The van der Waals surface area contributed by atoms with E-state index in [4.69, 9.17) is 5.11 Å². The molecule has 1 amide bonds. The Hall–Kier alpha value is -1.43. The molecule has 2 atom stereocenters. The number of amides is 1. The van der Waals surface area contributed by atoms with Crippen molar-refractivity contribution < 1.29 is 14.7 Å². The topological polar surface area (TPSA) is 79.3 Å². The molecule has 1 heterocycles. The number of nitrogens with zero attached hydrogens (tertiary/aromatic N) is 1. The summed E-state index contributed by atoms with van der Waals surface area (Å²) >= 11 is 3.21. The number of aliphatic carboxylic acids is 1. The number of carbonyl (C=O) groups excluding carboxylic acids is 1. The highest BCUT2D eigenvalue weighted by atomic mass is 79.9. The molecule has 0 bridgehead atoms. The number of aromatic nitrogens is 1. The van der Waals surface area contributed by atoms with Crippen LogP contribution in [0.1, 0.15) is 30.6 Å². The summed E-state index contributed by atoms with van der Waals surface area (Å²) in [5.41, 5.74) is 0.332. The summed E-state index contributed by atoms with van der Waals surface area (Å²) in [4.78, 5) is 26.9. The molecule has 5 nitrogen and oxygen atoms in total. The Morgan fingerprint density at radius 2 is 2.17 bits per heavy atom. The first kappa shape index (κ1) is 14.6. The van der Waals surface area contributed by atoms with Gasteiger partial charge in [-0.2, -0.15) is 0 Å². The predicted molar refractivity (Wildman–Crippen MR) is 70.3 cm³/mol. The zero-order chi connectivity index (χ0) is 13.7. The maximum Gasteiger partial charge on any atom is 0.326 e. The van der Waals surface area contributed by atoms with Gasteiger partial charge in [0.1, 0.15) is 6.04 Å². The number of carboxylic acids is 1. The lowest BCUT2D eigenvalue weighted by Gasteiger charge is -2.20. The van der Waals surface area contributed by atoms with Gasteiger partial charge >= 0.3 is 5.97 Å². The Morgan fingerprint density at radius 1 is 1.50 bits per heavy atom. The van der Waals surface area contributed by atoms with E-state index >= 15 is 0 Å². The Balaban J connectivity index is 2.82. The number of carboxylic acid groups (broad SMARTS) is 1. The first-order valence-corrected chi connectivity index (χ1v) is 6.39. The Kier molecular flexibility index (Phi) is 5.27. The second kappa shape index (κ2) is 6.49. The predicted octanol–water partition coefficient (Wildman–Crippen LogP) is 2.07. The van der Waals surface area contributed by atoms with Gasteiger partial charge in [0.05, 0.1) is 5.56 Å². The van der Waals surface area contributed by atoms with Gasteiger partial charge < -0.3 is 10.4 Å². The molecule has 0 aliphatic rings. The number of carbonyl (C=O) groups is 2. The van der Waals surface area contributed by atoms with E-state index in [1.54, 1.807) is 19.2 Å². The molecule has 0 unspecified atom stereocenters.